The first kappa shape index (κ1) is 29.9. The van der Waals surface area contributed by atoms with Crippen molar-refractivity contribution in [1.82, 2.24) is 5.43 Å². The molecule has 6 heteroatoms. The first-order valence-electron chi connectivity index (χ1n) is 9.84. The number of hydrazine groups is 1. The Balaban J connectivity index is -0.000000342. The number of aliphatic hydroxyl groups excluding tert-OH is 1. The van der Waals surface area contributed by atoms with Crippen molar-refractivity contribution in [2.45, 2.75) is 112 Å². The van der Waals surface area contributed by atoms with E-state index in [2.05, 4.69) is 29.5 Å². The molecule has 0 aliphatic heterocycles. The minimum absolute atomic E-state index is 0.0694. The fraction of sp³-hybridized carbons (Fsp3) is 0.950. The Morgan fingerprint density at radius 1 is 0.962 bits per heavy atom. The van der Waals surface area contributed by atoms with Crippen LogP contribution in [0.3, 0.4) is 0 Å². The van der Waals surface area contributed by atoms with Crippen LogP contribution in [-0.2, 0) is 4.79 Å². The quantitative estimate of drug-likeness (QED) is 0.256. The molecule has 0 saturated heterocycles. The number of aldehydes is 1. The number of hydrogen-bond donors (Lipinski definition) is 3. The van der Waals surface area contributed by atoms with E-state index in [0.29, 0.717) is 5.92 Å². The Morgan fingerprint density at radius 3 is 1.50 bits per heavy atom. The molecule has 0 spiro atoms. The molecule has 0 amide bonds. The summed E-state index contributed by atoms with van der Waals surface area (Å²) in [5, 5.41) is 17.6. The molecule has 6 nitrogen and oxygen atoms in total. The molecule has 0 aromatic rings. The van der Waals surface area contributed by atoms with Gasteiger partial charge in [0.1, 0.15) is 6.29 Å². The van der Waals surface area contributed by atoms with Crippen LogP contribution in [0, 0.1) is 11.8 Å². The predicted molar refractivity (Wildman–Crippen MR) is 112 cm³/mol. The summed E-state index contributed by atoms with van der Waals surface area (Å²) in [4.78, 5) is 9.97. The van der Waals surface area contributed by atoms with E-state index < -0.39 is 6.23 Å². The maximum absolute atomic E-state index is 9.97. The van der Waals surface area contributed by atoms with Crippen LogP contribution in [-0.4, -0.2) is 28.7 Å². The molecule has 0 aromatic carbocycles. The lowest BCUT2D eigenvalue weighted by atomic mass is 10.0. The van der Waals surface area contributed by atoms with Crippen LogP contribution in [0.1, 0.15) is 94.9 Å². The zero-order valence-corrected chi connectivity index (χ0v) is 19.0. The Kier molecular flexibility index (Phi) is 18.8. The molecule has 0 aromatic heterocycles. The van der Waals surface area contributed by atoms with Crippen LogP contribution in [0.5, 0.6) is 0 Å². The third-order valence-electron chi connectivity index (χ3n) is 3.62. The zero-order chi connectivity index (χ0) is 21.4. The van der Waals surface area contributed by atoms with Gasteiger partial charge < -0.3 is 9.90 Å². The second-order valence-corrected chi connectivity index (χ2v) is 8.48. The average Bonchev–Trinajstić information content (AvgIpc) is 2.55. The number of hydrogen-bond acceptors (Lipinski definition) is 6. The Hall–Kier alpha value is -0.850. The SMILES string of the molecule is CC(C)(C)NN.CCC(C=O)CC.CCC(CC)C(O)N=NC(C)(C)C. The normalized spacial score (nSPS) is 13.2. The molecule has 0 aliphatic rings. The van der Waals surface area contributed by atoms with E-state index in [-0.39, 0.29) is 17.0 Å². The van der Waals surface area contributed by atoms with Gasteiger partial charge >= 0.3 is 0 Å². The highest BCUT2D eigenvalue weighted by Gasteiger charge is 2.15. The monoisotopic (exact) mass is 374 g/mol. The van der Waals surface area contributed by atoms with Crippen molar-refractivity contribution in [2.24, 2.45) is 27.9 Å². The number of rotatable bonds is 7. The maximum atomic E-state index is 9.97. The smallest absolute Gasteiger partial charge is 0.168 e. The third kappa shape index (κ3) is 23.1. The standard InChI is InChI=1S/C10H22N2O.C6H12O.C4H12N2/c1-6-8(7-2)9(13)11-12-10(3,4)5;1-3-6(4-2)5-7;1-4(2,3)6-5/h8-9,13H,6-7H2,1-5H3;5-6H,3-4H2,1-2H3;6H,5H2,1-3H3. The summed E-state index contributed by atoms with van der Waals surface area (Å²) in [6.07, 6.45) is 4.26. The van der Waals surface area contributed by atoms with Crippen molar-refractivity contribution in [3.63, 3.8) is 0 Å². The third-order valence-corrected chi connectivity index (χ3v) is 3.62. The lowest BCUT2D eigenvalue weighted by molar-refractivity contribution is -0.111. The highest BCUT2D eigenvalue weighted by Crippen LogP contribution is 2.16. The van der Waals surface area contributed by atoms with Crippen molar-refractivity contribution in [2.75, 3.05) is 0 Å². The number of azo groups is 1. The molecule has 26 heavy (non-hydrogen) atoms. The van der Waals surface area contributed by atoms with Crippen LogP contribution < -0.4 is 11.3 Å². The molecule has 158 valence electrons. The first-order chi connectivity index (χ1) is 11.8. The molecule has 0 radical (unpaired) electrons. The summed E-state index contributed by atoms with van der Waals surface area (Å²) in [5.41, 5.74) is 2.49. The van der Waals surface area contributed by atoms with Gasteiger partial charge in [-0.1, -0.05) is 27.7 Å². The van der Waals surface area contributed by atoms with E-state index >= 15 is 0 Å². The first-order valence-corrected chi connectivity index (χ1v) is 9.84. The van der Waals surface area contributed by atoms with Gasteiger partial charge in [-0.3, -0.25) is 11.3 Å². The van der Waals surface area contributed by atoms with Gasteiger partial charge in [0.25, 0.3) is 0 Å². The minimum atomic E-state index is -0.630. The van der Waals surface area contributed by atoms with E-state index in [1.54, 1.807) is 0 Å². The number of aliphatic hydroxyl groups is 1. The van der Waals surface area contributed by atoms with Gasteiger partial charge in [0.05, 0.1) is 5.54 Å². The summed E-state index contributed by atoms with van der Waals surface area (Å²) in [6, 6.07) is 0. The predicted octanol–water partition coefficient (Wildman–Crippen LogP) is 4.86. The molecular formula is C20H46N4O2. The lowest BCUT2D eigenvalue weighted by Gasteiger charge is -2.17. The molecule has 1 unspecified atom stereocenters. The Labute approximate surface area is 162 Å². The molecule has 1 atom stereocenters. The van der Waals surface area contributed by atoms with Crippen molar-refractivity contribution in [3.05, 3.63) is 0 Å². The average molecular weight is 375 g/mol. The van der Waals surface area contributed by atoms with Crippen LogP contribution in [0.25, 0.3) is 0 Å². The number of nitrogens with two attached hydrogens (primary N) is 1. The topological polar surface area (TPSA) is 100 Å². The number of carbonyl (C=O) groups excluding carboxylic acids is 1. The molecule has 0 bridgehead atoms. The fourth-order valence-electron chi connectivity index (χ4n) is 1.52. The van der Waals surface area contributed by atoms with Gasteiger partial charge in [0.15, 0.2) is 6.23 Å². The van der Waals surface area contributed by atoms with Crippen LogP contribution in [0.2, 0.25) is 0 Å². The molecule has 0 rings (SSSR count). The van der Waals surface area contributed by atoms with Crippen molar-refractivity contribution in [1.29, 1.82) is 0 Å². The van der Waals surface area contributed by atoms with Gasteiger partial charge in [0.2, 0.25) is 0 Å². The zero-order valence-electron chi connectivity index (χ0n) is 19.0. The lowest BCUT2D eigenvalue weighted by Crippen LogP contribution is -2.41. The number of nitrogens with zero attached hydrogens (tertiary/aromatic N) is 2. The molecule has 0 heterocycles. The second-order valence-electron chi connectivity index (χ2n) is 8.48. The summed E-state index contributed by atoms with van der Waals surface area (Å²) in [5.74, 6) is 5.60. The summed E-state index contributed by atoms with van der Waals surface area (Å²) in [6.45, 7) is 20.1. The van der Waals surface area contributed by atoms with Crippen molar-refractivity contribution < 1.29 is 9.90 Å². The second kappa shape index (κ2) is 16.3. The number of carbonyl (C=O) groups is 1. The maximum Gasteiger partial charge on any atom is 0.168 e. The molecule has 4 N–H and O–H groups in total. The number of nitrogens with one attached hydrogen (secondary N) is 1. The van der Waals surface area contributed by atoms with E-state index in [4.69, 9.17) is 5.84 Å². The minimum Gasteiger partial charge on any atom is -0.370 e. The summed E-state index contributed by atoms with van der Waals surface area (Å²) < 4.78 is 0. The summed E-state index contributed by atoms with van der Waals surface area (Å²) in [7, 11) is 0. The van der Waals surface area contributed by atoms with Crippen LogP contribution in [0.15, 0.2) is 10.2 Å². The van der Waals surface area contributed by atoms with Gasteiger partial charge in [-0.05, 0) is 67.2 Å². The van der Waals surface area contributed by atoms with E-state index in [1.807, 2.05) is 55.4 Å². The van der Waals surface area contributed by atoms with Gasteiger partial charge in [-0.2, -0.15) is 10.2 Å². The Bertz CT molecular complexity index is 339. The molecule has 0 fully saturated rings. The van der Waals surface area contributed by atoms with Crippen molar-refractivity contribution >= 4 is 6.29 Å². The van der Waals surface area contributed by atoms with E-state index in [1.165, 1.54) is 0 Å². The molecule has 0 aliphatic carbocycles. The van der Waals surface area contributed by atoms with Gasteiger partial charge in [0, 0.05) is 17.4 Å². The Morgan fingerprint density at radius 2 is 1.35 bits per heavy atom. The van der Waals surface area contributed by atoms with E-state index in [0.717, 1.165) is 32.0 Å². The fourth-order valence-corrected chi connectivity index (χ4v) is 1.52. The van der Waals surface area contributed by atoms with Gasteiger partial charge in [-0.15, -0.1) is 0 Å². The highest BCUT2D eigenvalue weighted by molar-refractivity contribution is 5.52. The van der Waals surface area contributed by atoms with E-state index in [9.17, 15) is 9.90 Å². The van der Waals surface area contributed by atoms with Crippen LogP contribution in [0.4, 0.5) is 0 Å². The van der Waals surface area contributed by atoms with Gasteiger partial charge in [-0.25, -0.2) is 0 Å². The summed E-state index contributed by atoms with van der Waals surface area (Å²) >= 11 is 0. The largest absolute Gasteiger partial charge is 0.370 e. The highest BCUT2D eigenvalue weighted by atomic mass is 16.3. The van der Waals surface area contributed by atoms with Crippen LogP contribution >= 0.6 is 0 Å². The molecule has 0 saturated carbocycles. The molecular weight excluding hydrogens is 328 g/mol. The van der Waals surface area contributed by atoms with Crippen molar-refractivity contribution in [3.8, 4) is 0 Å².